The first kappa shape index (κ1) is 15.6. The minimum atomic E-state index is -4.38. The fourth-order valence-electron chi connectivity index (χ4n) is 2.55. The van der Waals surface area contributed by atoms with Crippen LogP contribution in [0.3, 0.4) is 0 Å². The van der Waals surface area contributed by atoms with E-state index in [-0.39, 0.29) is 38.0 Å². The van der Waals surface area contributed by atoms with Gasteiger partial charge in [0.25, 0.3) is 0 Å². The lowest BCUT2D eigenvalue weighted by Crippen LogP contribution is -2.66. The summed E-state index contributed by atoms with van der Waals surface area (Å²) in [5.74, 6) is -1.13. The topological polar surface area (TPSA) is 60.9 Å². The highest BCUT2D eigenvalue weighted by atomic mass is 19.4. The van der Waals surface area contributed by atoms with Crippen LogP contribution in [0.1, 0.15) is 12.8 Å². The molecule has 2 aliphatic rings. The monoisotopic (exact) mass is 307 g/mol. The van der Waals surface area contributed by atoms with Crippen molar-refractivity contribution in [2.24, 2.45) is 0 Å². The molecule has 2 rings (SSSR count). The van der Waals surface area contributed by atoms with Gasteiger partial charge < -0.3 is 14.7 Å². The Balaban J connectivity index is 1.99. The molecule has 0 unspecified atom stereocenters. The van der Waals surface area contributed by atoms with Crippen molar-refractivity contribution in [2.75, 3.05) is 33.2 Å². The molecule has 118 valence electrons. The van der Waals surface area contributed by atoms with Gasteiger partial charge in [-0.05, 0) is 0 Å². The molecule has 0 aromatic rings. The lowest BCUT2D eigenvalue weighted by molar-refractivity contribution is -0.162. The number of fused-ring (bicyclic) bond motifs is 1. The molecule has 0 radical (unpaired) electrons. The van der Waals surface area contributed by atoms with E-state index in [0.717, 1.165) is 0 Å². The molecule has 0 bridgehead atoms. The summed E-state index contributed by atoms with van der Waals surface area (Å²) < 4.78 is 36.4. The Labute approximate surface area is 119 Å². The van der Waals surface area contributed by atoms with E-state index in [1.165, 1.54) is 21.7 Å². The standard InChI is InChI=1S/C12H16F3N3O3/c1-16-7-10(20)18-5-4-17(6-8(18)11(16)21)9(19)2-3-12(13,14)15/h8H,2-7H2,1H3/t8-/m0/s1. The molecule has 0 aromatic carbocycles. The van der Waals surface area contributed by atoms with Gasteiger partial charge in [-0.2, -0.15) is 13.2 Å². The van der Waals surface area contributed by atoms with Crippen molar-refractivity contribution >= 4 is 17.7 Å². The van der Waals surface area contributed by atoms with E-state index in [1.807, 2.05) is 0 Å². The second-order valence-electron chi connectivity index (χ2n) is 5.25. The average Bonchev–Trinajstić information content (AvgIpc) is 2.41. The molecule has 1 atom stereocenters. The van der Waals surface area contributed by atoms with Gasteiger partial charge in [0.15, 0.2) is 0 Å². The quantitative estimate of drug-likeness (QED) is 0.712. The number of halogens is 3. The molecule has 0 aliphatic carbocycles. The van der Waals surface area contributed by atoms with Gasteiger partial charge in [0.2, 0.25) is 17.7 Å². The van der Waals surface area contributed by atoms with Crippen molar-refractivity contribution in [3.05, 3.63) is 0 Å². The highest BCUT2D eigenvalue weighted by Gasteiger charge is 2.42. The number of alkyl halides is 3. The second kappa shape index (κ2) is 5.53. The smallest absolute Gasteiger partial charge is 0.338 e. The predicted octanol–water partition coefficient (Wildman–Crippen LogP) is -0.160. The van der Waals surface area contributed by atoms with Crippen LogP contribution in [0, 0.1) is 0 Å². The number of piperazine rings is 2. The Morgan fingerprint density at radius 2 is 1.95 bits per heavy atom. The minimum absolute atomic E-state index is 0.00263. The highest BCUT2D eigenvalue weighted by molar-refractivity contribution is 5.95. The van der Waals surface area contributed by atoms with Crippen molar-refractivity contribution in [1.82, 2.24) is 14.7 Å². The molecule has 21 heavy (non-hydrogen) atoms. The van der Waals surface area contributed by atoms with Gasteiger partial charge in [-0.1, -0.05) is 0 Å². The Kier molecular flexibility index (Phi) is 4.11. The van der Waals surface area contributed by atoms with Crippen molar-refractivity contribution in [3.8, 4) is 0 Å². The van der Waals surface area contributed by atoms with Gasteiger partial charge in [0, 0.05) is 26.6 Å². The Morgan fingerprint density at radius 3 is 2.57 bits per heavy atom. The summed E-state index contributed by atoms with van der Waals surface area (Å²) in [5.41, 5.74) is 0. The van der Waals surface area contributed by atoms with E-state index < -0.39 is 31.0 Å². The zero-order valence-electron chi connectivity index (χ0n) is 11.5. The zero-order valence-corrected chi connectivity index (χ0v) is 11.5. The van der Waals surface area contributed by atoms with E-state index in [0.29, 0.717) is 0 Å². The molecule has 2 fully saturated rings. The van der Waals surface area contributed by atoms with Crippen LogP contribution in [0.5, 0.6) is 0 Å². The SMILES string of the molecule is CN1CC(=O)N2CCN(C(=O)CCC(F)(F)F)C[C@H]2C1=O. The number of hydrogen-bond acceptors (Lipinski definition) is 3. The molecule has 0 N–H and O–H groups in total. The van der Waals surface area contributed by atoms with Crippen LogP contribution in [0.15, 0.2) is 0 Å². The van der Waals surface area contributed by atoms with Crippen LogP contribution in [0.4, 0.5) is 13.2 Å². The molecule has 0 aromatic heterocycles. The van der Waals surface area contributed by atoms with Crippen molar-refractivity contribution < 1.29 is 27.6 Å². The molecule has 2 heterocycles. The first-order valence-electron chi connectivity index (χ1n) is 6.58. The van der Waals surface area contributed by atoms with Crippen LogP contribution in [0.25, 0.3) is 0 Å². The van der Waals surface area contributed by atoms with Crippen LogP contribution >= 0.6 is 0 Å². The van der Waals surface area contributed by atoms with Gasteiger partial charge in [0.1, 0.15) is 6.04 Å². The average molecular weight is 307 g/mol. The third kappa shape index (κ3) is 3.45. The number of carbonyl (C=O) groups is 3. The maximum Gasteiger partial charge on any atom is 0.389 e. The molecule has 0 saturated carbocycles. The number of hydrogen-bond donors (Lipinski definition) is 0. The first-order chi connectivity index (χ1) is 9.69. The summed E-state index contributed by atoms with van der Waals surface area (Å²) in [6, 6.07) is -0.778. The van der Waals surface area contributed by atoms with Crippen molar-refractivity contribution in [3.63, 3.8) is 0 Å². The van der Waals surface area contributed by atoms with Crippen LogP contribution in [-0.4, -0.2) is 77.9 Å². The number of nitrogens with zero attached hydrogens (tertiary/aromatic N) is 3. The number of carbonyl (C=O) groups excluding carboxylic acids is 3. The summed E-state index contributed by atoms with van der Waals surface area (Å²) in [6.07, 6.45) is -6.19. The second-order valence-corrected chi connectivity index (χ2v) is 5.25. The molecule has 0 spiro atoms. The third-order valence-corrected chi connectivity index (χ3v) is 3.71. The molecule has 3 amide bonds. The van der Waals surface area contributed by atoms with Crippen molar-refractivity contribution in [2.45, 2.75) is 25.1 Å². The van der Waals surface area contributed by atoms with Gasteiger partial charge in [-0.3, -0.25) is 14.4 Å². The summed E-state index contributed by atoms with van der Waals surface area (Å²) in [4.78, 5) is 39.5. The van der Waals surface area contributed by atoms with Gasteiger partial charge >= 0.3 is 6.18 Å². The lowest BCUT2D eigenvalue weighted by atomic mass is 10.1. The Bertz CT molecular complexity index is 466. The number of likely N-dealkylation sites (N-methyl/N-ethyl adjacent to an activating group) is 1. The van der Waals surface area contributed by atoms with E-state index in [9.17, 15) is 27.6 Å². The zero-order chi connectivity index (χ0) is 15.8. The fourth-order valence-corrected chi connectivity index (χ4v) is 2.55. The summed E-state index contributed by atoms with van der Waals surface area (Å²) in [5, 5.41) is 0. The first-order valence-corrected chi connectivity index (χ1v) is 6.58. The molecule has 6 nitrogen and oxygen atoms in total. The van der Waals surface area contributed by atoms with Crippen LogP contribution < -0.4 is 0 Å². The molecular formula is C12H16F3N3O3. The van der Waals surface area contributed by atoms with E-state index in [2.05, 4.69) is 0 Å². The maximum atomic E-state index is 12.1. The largest absolute Gasteiger partial charge is 0.389 e. The summed E-state index contributed by atoms with van der Waals surface area (Å²) in [6.45, 7) is 0.305. The third-order valence-electron chi connectivity index (χ3n) is 3.71. The highest BCUT2D eigenvalue weighted by Crippen LogP contribution is 2.23. The van der Waals surface area contributed by atoms with Gasteiger partial charge in [0.05, 0.1) is 19.5 Å². The van der Waals surface area contributed by atoms with E-state index in [4.69, 9.17) is 0 Å². The van der Waals surface area contributed by atoms with Crippen LogP contribution in [-0.2, 0) is 14.4 Å². The molecular weight excluding hydrogens is 291 g/mol. The van der Waals surface area contributed by atoms with Gasteiger partial charge in [-0.15, -0.1) is 0 Å². The lowest BCUT2D eigenvalue weighted by Gasteiger charge is -2.45. The van der Waals surface area contributed by atoms with Crippen molar-refractivity contribution in [1.29, 1.82) is 0 Å². The summed E-state index contributed by atoms with van der Waals surface area (Å²) in [7, 11) is 1.49. The molecule has 9 heteroatoms. The maximum absolute atomic E-state index is 12.1. The fraction of sp³-hybridized carbons (Fsp3) is 0.750. The number of rotatable bonds is 2. The van der Waals surface area contributed by atoms with E-state index >= 15 is 0 Å². The molecule has 2 saturated heterocycles. The predicted molar refractivity (Wildman–Crippen MR) is 65.0 cm³/mol. The molecule has 2 aliphatic heterocycles. The summed E-state index contributed by atoms with van der Waals surface area (Å²) >= 11 is 0. The minimum Gasteiger partial charge on any atom is -0.338 e. The van der Waals surface area contributed by atoms with E-state index in [1.54, 1.807) is 0 Å². The normalized spacial score (nSPS) is 23.4. The number of amides is 3. The Morgan fingerprint density at radius 1 is 1.29 bits per heavy atom. The Hall–Kier alpha value is -1.80. The van der Waals surface area contributed by atoms with Gasteiger partial charge in [-0.25, -0.2) is 0 Å². The van der Waals surface area contributed by atoms with Crippen LogP contribution in [0.2, 0.25) is 0 Å².